The predicted octanol–water partition coefficient (Wildman–Crippen LogP) is 2.78. The van der Waals surface area contributed by atoms with E-state index in [9.17, 15) is 12.8 Å². The van der Waals surface area contributed by atoms with E-state index in [1.807, 2.05) is 6.92 Å². The minimum absolute atomic E-state index is 0.142. The predicted molar refractivity (Wildman–Crippen MR) is 74.3 cm³/mol. The lowest BCUT2D eigenvalue weighted by atomic mass is 10.0. The maximum atomic E-state index is 13.8. The van der Waals surface area contributed by atoms with E-state index in [2.05, 4.69) is 20.7 Å². The summed E-state index contributed by atoms with van der Waals surface area (Å²) in [5.74, 6) is 0. The molecule has 6 heteroatoms. The van der Waals surface area contributed by atoms with Crippen molar-refractivity contribution in [1.29, 1.82) is 0 Å². The first-order chi connectivity index (χ1) is 8.16. The molecule has 0 aliphatic rings. The van der Waals surface area contributed by atoms with Gasteiger partial charge in [0.2, 0.25) is 10.0 Å². The Morgan fingerprint density at radius 2 is 1.83 bits per heavy atom. The maximum Gasteiger partial charge on any atom is 0.240 e. The summed E-state index contributed by atoms with van der Waals surface area (Å²) in [5, 5.41) is 0.210. The molecule has 1 unspecified atom stereocenters. The van der Waals surface area contributed by atoms with Crippen LogP contribution in [-0.4, -0.2) is 25.5 Å². The van der Waals surface area contributed by atoms with Crippen molar-refractivity contribution in [2.24, 2.45) is 0 Å². The molecule has 0 aliphatic heterocycles. The van der Waals surface area contributed by atoms with Crippen molar-refractivity contribution >= 4 is 26.0 Å². The third-order valence-electron chi connectivity index (χ3n) is 2.61. The van der Waals surface area contributed by atoms with E-state index in [0.29, 0.717) is 0 Å². The lowest BCUT2D eigenvalue weighted by Gasteiger charge is -2.26. The van der Waals surface area contributed by atoms with E-state index in [1.165, 1.54) is 26.0 Å². The van der Waals surface area contributed by atoms with Crippen LogP contribution >= 0.6 is 15.9 Å². The van der Waals surface area contributed by atoms with Crippen molar-refractivity contribution in [1.82, 2.24) is 4.72 Å². The highest BCUT2D eigenvalue weighted by molar-refractivity contribution is 9.09. The molecule has 0 aromatic heterocycles. The van der Waals surface area contributed by atoms with Crippen LogP contribution in [0.3, 0.4) is 0 Å². The second-order valence-electron chi connectivity index (χ2n) is 4.71. The average Bonchev–Trinajstić information content (AvgIpc) is 2.25. The molecule has 18 heavy (non-hydrogen) atoms. The number of benzene rings is 1. The number of hydrogen-bond donors (Lipinski definition) is 1. The van der Waals surface area contributed by atoms with Gasteiger partial charge in [-0.3, -0.25) is 0 Å². The van der Waals surface area contributed by atoms with Crippen LogP contribution in [-0.2, 0) is 10.0 Å². The maximum absolute atomic E-state index is 13.8. The van der Waals surface area contributed by atoms with Crippen molar-refractivity contribution < 1.29 is 12.8 Å². The van der Waals surface area contributed by atoms with Crippen LogP contribution in [0.1, 0.15) is 19.4 Å². The Balaban J connectivity index is 2.98. The van der Waals surface area contributed by atoms with Crippen LogP contribution in [0, 0.1) is 6.92 Å². The van der Waals surface area contributed by atoms with Gasteiger partial charge in [-0.05, 0) is 32.9 Å². The molecule has 102 valence electrons. The van der Waals surface area contributed by atoms with Gasteiger partial charge in [0.1, 0.15) is 5.67 Å². The third kappa shape index (κ3) is 4.03. The zero-order chi connectivity index (χ0) is 14.0. The average molecular weight is 338 g/mol. The van der Waals surface area contributed by atoms with Gasteiger partial charge in [0.05, 0.1) is 10.9 Å². The number of alkyl halides is 2. The van der Waals surface area contributed by atoms with Crippen molar-refractivity contribution in [2.75, 3.05) is 5.33 Å². The molecule has 0 saturated carbocycles. The molecule has 1 aromatic rings. The van der Waals surface area contributed by atoms with E-state index in [4.69, 9.17) is 0 Å². The number of halogens is 2. The van der Waals surface area contributed by atoms with Crippen LogP contribution in [0.5, 0.6) is 0 Å². The molecule has 3 nitrogen and oxygen atoms in total. The van der Waals surface area contributed by atoms with Crippen molar-refractivity contribution in [3.63, 3.8) is 0 Å². The largest absolute Gasteiger partial charge is 0.243 e. The van der Waals surface area contributed by atoms with Crippen molar-refractivity contribution in [3.05, 3.63) is 29.8 Å². The molecular weight excluding hydrogens is 321 g/mol. The number of aryl methyl sites for hydroxylation is 1. The highest BCUT2D eigenvalue weighted by atomic mass is 79.9. The summed E-state index contributed by atoms with van der Waals surface area (Å²) < 4.78 is 40.3. The van der Waals surface area contributed by atoms with Gasteiger partial charge >= 0.3 is 0 Å². The second-order valence-corrected chi connectivity index (χ2v) is 7.07. The summed E-state index contributed by atoms with van der Waals surface area (Å²) in [5.41, 5.74) is -0.668. The molecule has 0 spiro atoms. The standard InChI is InChI=1S/C12H17BrFNO2S/c1-9-4-6-10(7-5-9)18(16,17)15-11(8-13)12(2,3)14/h4-7,11,15H,8H2,1-3H3. The van der Waals surface area contributed by atoms with E-state index >= 15 is 0 Å². The smallest absolute Gasteiger partial charge is 0.240 e. The highest BCUT2D eigenvalue weighted by Crippen LogP contribution is 2.19. The van der Waals surface area contributed by atoms with E-state index in [1.54, 1.807) is 12.1 Å². The number of sulfonamides is 1. The molecule has 1 rings (SSSR count). The fourth-order valence-electron chi connectivity index (χ4n) is 1.33. The Kier molecular flexibility index (Phi) is 4.91. The third-order valence-corrected chi connectivity index (χ3v) is 4.75. The monoisotopic (exact) mass is 337 g/mol. The van der Waals surface area contributed by atoms with Crippen LogP contribution in [0.2, 0.25) is 0 Å². The molecule has 1 N–H and O–H groups in total. The Morgan fingerprint density at radius 1 is 1.33 bits per heavy atom. The van der Waals surface area contributed by atoms with E-state index in [0.717, 1.165) is 5.56 Å². The minimum Gasteiger partial charge on any atom is -0.243 e. The fraction of sp³-hybridized carbons (Fsp3) is 0.500. The van der Waals surface area contributed by atoms with Gasteiger partial charge < -0.3 is 0 Å². The van der Waals surface area contributed by atoms with Gasteiger partial charge in [0.15, 0.2) is 0 Å². The van der Waals surface area contributed by atoms with Gasteiger partial charge in [0, 0.05) is 5.33 Å². The SMILES string of the molecule is Cc1ccc(S(=O)(=O)NC(CBr)C(C)(C)F)cc1. The van der Waals surface area contributed by atoms with Gasteiger partial charge in [0.25, 0.3) is 0 Å². The van der Waals surface area contributed by atoms with Gasteiger partial charge in [-0.2, -0.15) is 0 Å². The van der Waals surface area contributed by atoms with Crippen molar-refractivity contribution in [2.45, 2.75) is 37.4 Å². The molecule has 0 fully saturated rings. The molecule has 0 heterocycles. The molecule has 0 aliphatic carbocycles. The lowest BCUT2D eigenvalue weighted by molar-refractivity contribution is 0.175. The summed E-state index contributed by atoms with van der Waals surface area (Å²) >= 11 is 3.12. The number of nitrogens with one attached hydrogen (secondary N) is 1. The summed E-state index contributed by atoms with van der Waals surface area (Å²) in [6, 6.07) is 5.61. The number of rotatable bonds is 5. The fourth-order valence-corrected chi connectivity index (χ4v) is 3.84. The molecule has 0 saturated heterocycles. The normalized spacial score (nSPS) is 14.5. The highest BCUT2D eigenvalue weighted by Gasteiger charge is 2.32. The first-order valence-corrected chi connectivity index (χ1v) is 8.11. The van der Waals surface area contributed by atoms with Crippen LogP contribution in [0.25, 0.3) is 0 Å². The van der Waals surface area contributed by atoms with Crippen LogP contribution in [0.15, 0.2) is 29.2 Å². The molecule has 0 bridgehead atoms. The van der Waals surface area contributed by atoms with Gasteiger partial charge in [-0.1, -0.05) is 33.6 Å². The first-order valence-electron chi connectivity index (χ1n) is 5.50. The van der Waals surface area contributed by atoms with Crippen LogP contribution < -0.4 is 4.72 Å². The van der Waals surface area contributed by atoms with Crippen LogP contribution in [0.4, 0.5) is 4.39 Å². The minimum atomic E-state index is -3.69. The Labute approximate surface area is 116 Å². The van der Waals surface area contributed by atoms with E-state index in [-0.39, 0.29) is 10.2 Å². The molecule has 1 aromatic carbocycles. The molecule has 1 atom stereocenters. The zero-order valence-corrected chi connectivity index (χ0v) is 13.0. The lowest BCUT2D eigenvalue weighted by Crippen LogP contribution is -2.47. The molecular formula is C12H17BrFNO2S. The summed E-state index contributed by atoms with van der Waals surface area (Å²) in [6.45, 7) is 4.56. The number of hydrogen-bond acceptors (Lipinski definition) is 2. The quantitative estimate of drug-likeness (QED) is 0.839. The summed E-state index contributed by atoms with van der Waals surface area (Å²) in [6.07, 6.45) is 0. The first kappa shape index (κ1) is 15.6. The van der Waals surface area contributed by atoms with Gasteiger partial charge in [-0.25, -0.2) is 17.5 Å². The van der Waals surface area contributed by atoms with Gasteiger partial charge in [-0.15, -0.1) is 0 Å². The summed E-state index contributed by atoms with van der Waals surface area (Å²) in [7, 11) is -3.69. The Bertz CT molecular complexity index is 494. The molecule has 0 amide bonds. The van der Waals surface area contributed by atoms with Crippen molar-refractivity contribution in [3.8, 4) is 0 Å². The second kappa shape index (κ2) is 5.67. The zero-order valence-electron chi connectivity index (χ0n) is 10.6. The Hall–Kier alpha value is -0.460. The molecule has 0 radical (unpaired) electrons. The summed E-state index contributed by atoms with van der Waals surface area (Å²) in [4.78, 5) is 0.142. The van der Waals surface area contributed by atoms with E-state index < -0.39 is 21.7 Å². The topological polar surface area (TPSA) is 46.2 Å². The Morgan fingerprint density at radius 3 is 2.22 bits per heavy atom.